The molecule has 0 aliphatic heterocycles. The number of carbonyl (C=O) groups excluding carboxylic acids is 1. The second kappa shape index (κ2) is 6.24. The van der Waals surface area contributed by atoms with Gasteiger partial charge in [0.25, 0.3) is 0 Å². The third-order valence-corrected chi connectivity index (χ3v) is 3.39. The Labute approximate surface area is 118 Å². The number of hydrogen-bond donors (Lipinski definition) is 2. The van der Waals surface area contributed by atoms with Gasteiger partial charge in [-0.25, -0.2) is 0 Å². The first-order chi connectivity index (χ1) is 9.59. The van der Waals surface area contributed by atoms with E-state index < -0.39 is 0 Å². The first-order valence-electron chi connectivity index (χ1n) is 6.68. The lowest BCUT2D eigenvalue weighted by molar-refractivity contribution is 0.0980. The van der Waals surface area contributed by atoms with Crippen LogP contribution >= 0.6 is 0 Å². The van der Waals surface area contributed by atoms with Crippen LogP contribution in [0, 0.1) is 6.92 Å². The molecule has 0 saturated carbocycles. The molecule has 20 heavy (non-hydrogen) atoms. The molecule has 0 atom stereocenters. The molecule has 2 N–H and O–H groups in total. The van der Waals surface area contributed by atoms with Crippen LogP contribution in [0.5, 0.6) is 11.5 Å². The van der Waals surface area contributed by atoms with Crippen LogP contribution in [0.2, 0.25) is 0 Å². The van der Waals surface area contributed by atoms with Gasteiger partial charge in [0.1, 0.15) is 11.5 Å². The summed E-state index contributed by atoms with van der Waals surface area (Å²) in [5.74, 6) is 0.287. The van der Waals surface area contributed by atoms with Crippen LogP contribution in [0.15, 0.2) is 42.5 Å². The Kier molecular flexibility index (Phi) is 4.41. The lowest BCUT2D eigenvalue weighted by Crippen LogP contribution is -2.00. The number of aryl methyl sites for hydroxylation is 1. The molecule has 0 amide bonds. The van der Waals surface area contributed by atoms with E-state index in [9.17, 15) is 15.0 Å². The van der Waals surface area contributed by atoms with Crippen LogP contribution in [-0.2, 0) is 6.42 Å². The third-order valence-electron chi connectivity index (χ3n) is 3.39. The Morgan fingerprint density at radius 2 is 1.75 bits per heavy atom. The molecule has 0 aliphatic rings. The minimum Gasteiger partial charge on any atom is -0.508 e. The summed E-state index contributed by atoms with van der Waals surface area (Å²) in [5.41, 5.74) is 1.95. The second-order valence-electron chi connectivity index (χ2n) is 4.87. The molecule has 3 nitrogen and oxygen atoms in total. The zero-order chi connectivity index (χ0) is 14.5. The Balaban J connectivity index is 1.97. The van der Waals surface area contributed by atoms with Gasteiger partial charge in [0.15, 0.2) is 5.78 Å². The number of ketones is 1. The highest BCUT2D eigenvalue weighted by molar-refractivity contribution is 5.95. The normalized spacial score (nSPS) is 10.4. The quantitative estimate of drug-likeness (QED) is 0.816. The van der Waals surface area contributed by atoms with Gasteiger partial charge in [-0.1, -0.05) is 36.4 Å². The number of phenolic OH excluding ortho intramolecular Hbond substituents is 2. The van der Waals surface area contributed by atoms with E-state index in [4.69, 9.17) is 0 Å². The van der Waals surface area contributed by atoms with Crippen molar-refractivity contribution in [1.82, 2.24) is 0 Å². The smallest absolute Gasteiger partial charge is 0.162 e. The molecule has 0 bridgehead atoms. The van der Waals surface area contributed by atoms with E-state index in [-0.39, 0.29) is 17.3 Å². The van der Waals surface area contributed by atoms with E-state index in [0.717, 1.165) is 5.56 Å². The number of Topliss-reactive ketones (excluding diaryl/α,β-unsaturated/α-hetero) is 1. The zero-order valence-corrected chi connectivity index (χ0v) is 11.5. The topological polar surface area (TPSA) is 57.5 Å². The highest BCUT2D eigenvalue weighted by atomic mass is 16.3. The number of aromatic hydroxyl groups is 2. The number of phenols is 2. The van der Waals surface area contributed by atoms with E-state index in [0.29, 0.717) is 30.4 Å². The van der Waals surface area contributed by atoms with Gasteiger partial charge in [0.05, 0.1) is 0 Å². The first-order valence-corrected chi connectivity index (χ1v) is 6.68. The summed E-state index contributed by atoms with van der Waals surface area (Å²) in [6, 6.07) is 12.4. The largest absolute Gasteiger partial charge is 0.508 e. The van der Waals surface area contributed by atoms with E-state index in [2.05, 4.69) is 0 Å². The number of rotatable bonds is 5. The summed E-state index contributed by atoms with van der Waals surface area (Å²) in [7, 11) is 0. The minimum absolute atomic E-state index is 0.0808. The van der Waals surface area contributed by atoms with Gasteiger partial charge >= 0.3 is 0 Å². The summed E-state index contributed by atoms with van der Waals surface area (Å²) < 4.78 is 0. The average Bonchev–Trinajstić information content (AvgIpc) is 2.47. The standard InChI is InChI=1S/C17H18O3/c1-12-10-11-16(19)14(17(12)20)8-5-9-15(18)13-6-3-2-4-7-13/h2-4,6-7,10-11,19-20H,5,8-9H2,1H3. The van der Waals surface area contributed by atoms with Gasteiger partial charge in [-0.3, -0.25) is 4.79 Å². The summed E-state index contributed by atoms with van der Waals surface area (Å²) in [5, 5.41) is 19.7. The molecule has 0 heterocycles. The Hall–Kier alpha value is -2.29. The minimum atomic E-state index is 0.0808. The fourth-order valence-corrected chi connectivity index (χ4v) is 2.18. The van der Waals surface area contributed by atoms with Crippen molar-refractivity contribution in [2.24, 2.45) is 0 Å². The molecule has 0 unspecified atom stereocenters. The SMILES string of the molecule is Cc1ccc(O)c(CCCC(=O)c2ccccc2)c1O. The molecular formula is C17H18O3. The summed E-state index contributed by atoms with van der Waals surface area (Å²) in [6.07, 6.45) is 1.48. The van der Waals surface area contributed by atoms with Crippen LogP contribution in [0.1, 0.15) is 34.3 Å². The van der Waals surface area contributed by atoms with Gasteiger partial charge in [0.2, 0.25) is 0 Å². The van der Waals surface area contributed by atoms with Gasteiger partial charge in [-0.2, -0.15) is 0 Å². The van der Waals surface area contributed by atoms with Crippen molar-refractivity contribution >= 4 is 5.78 Å². The molecular weight excluding hydrogens is 252 g/mol. The van der Waals surface area contributed by atoms with Crippen molar-refractivity contribution in [2.45, 2.75) is 26.2 Å². The number of benzene rings is 2. The molecule has 2 aromatic carbocycles. The Morgan fingerprint density at radius 3 is 2.45 bits per heavy atom. The van der Waals surface area contributed by atoms with Crippen LogP contribution in [0.4, 0.5) is 0 Å². The van der Waals surface area contributed by atoms with Gasteiger partial charge in [-0.15, -0.1) is 0 Å². The van der Waals surface area contributed by atoms with Crippen molar-refractivity contribution in [2.75, 3.05) is 0 Å². The van der Waals surface area contributed by atoms with Gasteiger partial charge in [0, 0.05) is 17.5 Å². The van der Waals surface area contributed by atoms with Crippen LogP contribution in [-0.4, -0.2) is 16.0 Å². The summed E-state index contributed by atoms with van der Waals surface area (Å²) in [6.45, 7) is 1.79. The van der Waals surface area contributed by atoms with Crippen molar-refractivity contribution in [1.29, 1.82) is 0 Å². The molecule has 2 rings (SSSR count). The summed E-state index contributed by atoms with van der Waals surface area (Å²) >= 11 is 0. The predicted octanol–water partition coefficient (Wildman–Crippen LogP) is 3.61. The van der Waals surface area contributed by atoms with Crippen molar-refractivity contribution < 1.29 is 15.0 Å². The highest BCUT2D eigenvalue weighted by Gasteiger charge is 2.11. The molecule has 0 aliphatic carbocycles. The molecule has 2 aromatic rings. The van der Waals surface area contributed by atoms with Crippen LogP contribution in [0.3, 0.4) is 0 Å². The first kappa shape index (κ1) is 14.1. The maximum Gasteiger partial charge on any atom is 0.162 e. The fourth-order valence-electron chi connectivity index (χ4n) is 2.18. The zero-order valence-electron chi connectivity index (χ0n) is 11.5. The number of carbonyl (C=O) groups is 1. The lowest BCUT2D eigenvalue weighted by atomic mass is 10.00. The fraction of sp³-hybridized carbons (Fsp3) is 0.235. The monoisotopic (exact) mass is 270 g/mol. The molecule has 104 valence electrons. The van der Waals surface area contributed by atoms with E-state index in [1.807, 2.05) is 18.2 Å². The molecule has 0 saturated heterocycles. The van der Waals surface area contributed by atoms with E-state index in [1.54, 1.807) is 31.2 Å². The van der Waals surface area contributed by atoms with Crippen molar-refractivity contribution in [3.05, 3.63) is 59.2 Å². The van der Waals surface area contributed by atoms with Gasteiger partial charge in [-0.05, 0) is 31.4 Å². The van der Waals surface area contributed by atoms with Gasteiger partial charge < -0.3 is 10.2 Å². The molecule has 0 spiro atoms. The second-order valence-corrected chi connectivity index (χ2v) is 4.87. The van der Waals surface area contributed by atoms with Crippen molar-refractivity contribution in [3.8, 4) is 11.5 Å². The highest BCUT2D eigenvalue weighted by Crippen LogP contribution is 2.31. The maximum atomic E-state index is 11.9. The summed E-state index contributed by atoms with van der Waals surface area (Å²) in [4.78, 5) is 11.9. The van der Waals surface area contributed by atoms with Crippen molar-refractivity contribution in [3.63, 3.8) is 0 Å². The molecule has 3 heteroatoms. The van der Waals surface area contributed by atoms with Crippen LogP contribution < -0.4 is 0 Å². The third kappa shape index (κ3) is 3.18. The van der Waals surface area contributed by atoms with Crippen LogP contribution in [0.25, 0.3) is 0 Å². The average molecular weight is 270 g/mol. The maximum absolute atomic E-state index is 11.9. The van der Waals surface area contributed by atoms with E-state index >= 15 is 0 Å². The molecule has 0 radical (unpaired) electrons. The lowest BCUT2D eigenvalue weighted by Gasteiger charge is -2.09. The molecule has 0 aromatic heterocycles. The predicted molar refractivity (Wildman–Crippen MR) is 78.2 cm³/mol. The Morgan fingerprint density at radius 1 is 1.05 bits per heavy atom. The van der Waals surface area contributed by atoms with E-state index in [1.165, 1.54) is 0 Å². The molecule has 0 fully saturated rings. The Bertz CT molecular complexity index is 603. The number of hydrogen-bond acceptors (Lipinski definition) is 3.